The summed E-state index contributed by atoms with van der Waals surface area (Å²) in [6, 6.07) is 2.08. The Kier molecular flexibility index (Phi) is 3.44. The third-order valence-electron chi connectivity index (χ3n) is 2.73. The molecule has 84 valence electrons. The lowest BCUT2D eigenvalue weighted by molar-refractivity contribution is 0.0967. The van der Waals surface area contributed by atoms with Crippen LogP contribution in [0.2, 0.25) is 0 Å². The lowest BCUT2D eigenvalue weighted by atomic mass is 10.2. The van der Waals surface area contributed by atoms with Crippen LogP contribution in [0.3, 0.4) is 0 Å². The standard InChI is InChI=1S/C12H19NO2/c1-9-11(6-13-2)5-12(15-9)8-14-7-10-3-4-10/h5,10,13H,3-4,6-8H2,1-2H3. The number of aryl methyl sites for hydroxylation is 1. The van der Waals surface area contributed by atoms with Crippen molar-refractivity contribution in [2.45, 2.75) is 32.9 Å². The van der Waals surface area contributed by atoms with Crippen molar-refractivity contribution in [2.24, 2.45) is 5.92 Å². The van der Waals surface area contributed by atoms with Gasteiger partial charge in [0.1, 0.15) is 18.1 Å². The lowest BCUT2D eigenvalue weighted by Gasteiger charge is -1.98. The van der Waals surface area contributed by atoms with Crippen LogP contribution < -0.4 is 5.32 Å². The molecule has 3 heteroatoms. The van der Waals surface area contributed by atoms with E-state index in [9.17, 15) is 0 Å². The van der Waals surface area contributed by atoms with Gasteiger partial charge in [-0.1, -0.05) is 0 Å². The van der Waals surface area contributed by atoms with E-state index in [0.717, 1.165) is 30.6 Å². The smallest absolute Gasteiger partial charge is 0.130 e. The molecule has 0 amide bonds. The normalized spacial score (nSPS) is 15.9. The molecular formula is C12H19NO2. The van der Waals surface area contributed by atoms with E-state index in [1.807, 2.05) is 14.0 Å². The molecule has 0 spiro atoms. The van der Waals surface area contributed by atoms with Crippen LogP contribution >= 0.6 is 0 Å². The largest absolute Gasteiger partial charge is 0.464 e. The Labute approximate surface area is 90.8 Å². The Hall–Kier alpha value is -0.800. The molecule has 1 aliphatic carbocycles. The molecule has 3 nitrogen and oxygen atoms in total. The van der Waals surface area contributed by atoms with Gasteiger partial charge in [0, 0.05) is 18.7 Å². The number of rotatable bonds is 6. The molecule has 0 aliphatic heterocycles. The maximum atomic E-state index is 5.60. The fourth-order valence-corrected chi connectivity index (χ4v) is 1.64. The topological polar surface area (TPSA) is 34.4 Å². The quantitative estimate of drug-likeness (QED) is 0.780. The average molecular weight is 209 g/mol. The van der Waals surface area contributed by atoms with Crippen molar-refractivity contribution in [1.29, 1.82) is 0 Å². The molecule has 15 heavy (non-hydrogen) atoms. The van der Waals surface area contributed by atoms with Crippen molar-refractivity contribution >= 4 is 0 Å². The maximum Gasteiger partial charge on any atom is 0.130 e. The van der Waals surface area contributed by atoms with E-state index in [0.29, 0.717) is 6.61 Å². The second kappa shape index (κ2) is 4.81. The second-order valence-electron chi connectivity index (χ2n) is 4.28. The van der Waals surface area contributed by atoms with Gasteiger partial charge in [-0.3, -0.25) is 0 Å². The minimum absolute atomic E-state index is 0.612. The molecule has 1 fully saturated rings. The van der Waals surface area contributed by atoms with Crippen molar-refractivity contribution in [2.75, 3.05) is 13.7 Å². The maximum absolute atomic E-state index is 5.60. The van der Waals surface area contributed by atoms with Crippen molar-refractivity contribution in [3.8, 4) is 0 Å². The van der Waals surface area contributed by atoms with Crippen LogP contribution in [0.25, 0.3) is 0 Å². The molecule has 1 aromatic heterocycles. The highest BCUT2D eigenvalue weighted by atomic mass is 16.5. The van der Waals surface area contributed by atoms with Crippen LogP contribution in [-0.4, -0.2) is 13.7 Å². The molecule has 1 aliphatic rings. The van der Waals surface area contributed by atoms with Gasteiger partial charge in [-0.2, -0.15) is 0 Å². The van der Waals surface area contributed by atoms with Crippen molar-refractivity contribution < 1.29 is 9.15 Å². The molecule has 0 radical (unpaired) electrons. The predicted octanol–water partition coefficient (Wildman–Crippen LogP) is 2.23. The van der Waals surface area contributed by atoms with Gasteiger partial charge in [-0.25, -0.2) is 0 Å². The van der Waals surface area contributed by atoms with Crippen LogP contribution in [0.4, 0.5) is 0 Å². The molecule has 1 saturated carbocycles. The van der Waals surface area contributed by atoms with Gasteiger partial charge in [0.2, 0.25) is 0 Å². The summed E-state index contributed by atoms with van der Waals surface area (Å²) in [5.41, 5.74) is 1.22. The fraction of sp³-hybridized carbons (Fsp3) is 0.667. The summed E-state index contributed by atoms with van der Waals surface area (Å²) in [7, 11) is 1.94. The summed E-state index contributed by atoms with van der Waals surface area (Å²) in [4.78, 5) is 0. The molecule has 2 rings (SSSR count). The average Bonchev–Trinajstić information content (AvgIpc) is 2.95. The molecule has 0 aromatic carbocycles. The summed E-state index contributed by atoms with van der Waals surface area (Å²) in [6.07, 6.45) is 2.67. The van der Waals surface area contributed by atoms with Gasteiger partial charge in [0.15, 0.2) is 0 Å². The number of hydrogen-bond acceptors (Lipinski definition) is 3. The van der Waals surface area contributed by atoms with Crippen LogP contribution in [-0.2, 0) is 17.9 Å². The Balaban J connectivity index is 1.81. The highest BCUT2D eigenvalue weighted by Gasteiger charge is 2.21. The van der Waals surface area contributed by atoms with E-state index in [1.165, 1.54) is 18.4 Å². The lowest BCUT2D eigenvalue weighted by Crippen LogP contribution is -2.04. The first-order valence-electron chi connectivity index (χ1n) is 5.60. The molecule has 0 atom stereocenters. The zero-order valence-electron chi connectivity index (χ0n) is 9.51. The first-order chi connectivity index (χ1) is 7.29. The highest BCUT2D eigenvalue weighted by Crippen LogP contribution is 2.29. The summed E-state index contributed by atoms with van der Waals surface area (Å²) >= 11 is 0. The molecule has 1 N–H and O–H groups in total. The zero-order chi connectivity index (χ0) is 10.7. The van der Waals surface area contributed by atoms with E-state index < -0.39 is 0 Å². The van der Waals surface area contributed by atoms with Gasteiger partial charge in [0.25, 0.3) is 0 Å². The summed E-state index contributed by atoms with van der Waals surface area (Å²) in [5.74, 6) is 2.76. The fourth-order valence-electron chi connectivity index (χ4n) is 1.64. The molecule has 0 bridgehead atoms. The van der Waals surface area contributed by atoms with Gasteiger partial charge in [0.05, 0.1) is 0 Å². The summed E-state index contributed by atoms with van der Waals surface area (Å²) < 4.78 is 11.2. The molecule has 0 unspecified atom stereocenters. The molecule has 1 heterocycles. The second-order valence-corrected chi connectivity index (χ2v) is 4.28. The van der Waals surface area contributed by atoms with Gasteiger partial charge < -0.3 is 14.5 Å². The van der Waals surface area contributed by atoms with Crippen molar-refractivity contribution in [3.63, 3.8) is 0 Å². The van der Waals surface area contributed by atoms with Crippen LogP contribution in [0.5, 0.6) is 0 Å². The van der Waals surface area contributed by atoms with E-state index in [-0.39, 0.29) is 0 Å². The number of furan rings is 1. The van der Waals surface area contributed by atoms with E-state index in [2.05, 4.69) is 11.4 Å². The highest BCUT2D eigenvalue weighted by molar-refractivity contribution is 5.20. The van der Waals surface area contributed by atoms with Gasteiger partial charge in [-0.15, -0.1) is 0 Å². The molecule has 0 saturated heterocycles. The Morgan fingerprint density at radius 1 is 1.53 bits per heavy atom. The van der Waals surface area contributed by atoms with E-state index in [1.54, 1.807) is 0 Å². The number of ether oxygens (including phenoxy) is 1. The molecular weight excluding hydrogens is 190 g/mol. The SMILES string of the molecule is CNCc1cc(COCC2CC2)oc1C. The van der Waals surface area contributed by atoms with Crippen molar-refractivity contribution in [3.05, 3.63) is 23.2 Å². The van der Waals surface area contributed by atoms with Gasteiger partial charge >= 0.3 is 0 Å². The predicted molar refractivity (Wildman–Crippen MR) is 58.6 cm³/mol. The number of hydrogen-bond donors (Lipinski definition) is 1. The van der Waals surface area contributed by atoms with Crippen LogP contribution in [0.15, 0.2) is 10.5 Å². The monoisotopic (exact) mass is 209 g/mol. The minimum atomic E-state index is 0.612. The molecule has 1 aromatic rings. The van der Waals surface area contributed by atoms with Crippen LogP contribution in [0.1, 0.15) is 29.9 Å². The minimum Gasteiger partial charge on any atom is -0.464 e. The van der Waals surface area contributed by atoms with Crippen molar-refractivity contribution in [1.82, 2.24) is 5.32 Å². The van der Waals surface area contributed by atoms with Gasteiger partial charge in [-0.05, 0) is 38.8 Å². The third-order valence-corrected chi connectivity index (χ3v) is 2.73. The Bertz CT molecular complexity index is 315. The summed E-state index contributed by atoms with van der Waals surface area (Å²) in [6.45, 7) is 4.36. The first-order valence-corrected chi connectivity index (χ1v) is 5.60. The van der Waals surface area contributed by atoms with E-state index >= 15 is 0 Å². The number of nitrogens with one attached hydrogen (secondary N) is 1. The first kappa shape index (κ1) is 10.7. The van der Waals surface area contributed by atoms with E-state index in [4.69, 9.17) is 9.15 Å². The summed E-state index contributed by atoms with van der Waals surface area (Å²) in [5, 5.41) is 3.12. The zero-order valence-corrected chi connectivity index (χ0v) is 9.51. The third kappa shape index (κ3) is 3.08. The Morgan fingerprint density at radius 3 is 3.00 bits per heavy atom. The van der Waals surface area contributed by atoms with Crippen LogP contribution in [0, 0.1) is 12.8 Å². The Morgan fingerprint density at radius 2 is 2.33 bits per heavy atom.